The maximum absolute atomic E-state index is 10.2. The molecule has 3 nitrogen and oxygen atoms in total. The van der Waals surface area contributed by atoms with Crippen LogP contribution in [0.5, 0.6) is 5.75 Å². The van der Waals surface area contributed by atoms with Gasteiger partial charge in [0.2, 0.25) is 0 Å². The summed E-state index contributed by atoms with van der Waals surface area (Å²) in [6.07, 6.45) is 0.526. The van der Waals surface area contributed by atoms with E-state index in [-0.39, 0.29) is 11.0 Å². The number of hydrogen-bond acceptors (Lipinski definition) is 3. The smallest absolute Gasteiger partial charge is 0.122 e. The largest absolute Gasteiger partial charge is 0.491 e. The first kappa shape index (κ1) is 20.0. The Kier molecular flexibility index (Phi) is 7.09. The highest BCUT2D eigenvalue weighted by Gasteiger charge is 2.25. The molecule has 23 heavy (non-hydrogen) atoms. The lowest BCUT2D eigenvalue weighted by Crippen LogP contribution is -2.46. The van der Waals surface area contributed by atoms with Gasteiger partial charge < -0.3 is 15.2 Å². The van der Waals surface area contributed by atoms with Crippen LogP contribution in [0.4, 0.5) is 0 Å². The molecule has 0 fully saturated rings. The number of ether oxygens (including phenoxy) is 1. The van der Waals surface area contributed by atoms with Crippen LogP contribution in [-0.2, 0) is 0 Å². The summed E-state index contributed by atoms with van der Waals surface area (Å²) in [6, 6.07) is 8.05. The van der Waals surface area contributed by atoms with Crippen molar-refractivity contribution in [2.24, 2.45) is 5.41 Å². The van der Waals surface area contributed by atoms with Crippen LogP contribution < -0.4 is 10.1 Å². The van der Waals surface area contributed by atoms with Gasteiger partial charge in [-0.3, -0.25) is 0 Å². The predicted molar refractivity (Wildman–Crippen MR) is 98.2 cm³/mol. The lowest BCUT2D eigenvalue weighted by Gasteiger charge is -2.34. The Morgan fingerprint density at radius 1 is 1.09 bits per heavy atom. The number of hydrogen-bond donors (Lipinski definition) is 2. The Morgan fingerprint density at radius 3 is 2.26 bits per heavy atom. The number of nitrogens with one attached hydrogen (secondary N) is 1. The first-order valence-corrected chi connectivity index (χ1v) is 8.65. The van der Waals surface area contributed by atoms with Gasteiger partial charge >= 0.3 is 0 Å². The molecule has 0 bridgehead atoms. The van der Waals surface area contributed by atoms with E-state index in [1.54, 1.807) is 0 Å². The van der Waals surface area contributed by atoms with Crippen molar-refractivity contribution >= 4 is 0 Å². The van der Waals surface area contributed by atoms with E-state index in [0.29, 0.717) is 19.1 Å². The zero-order valence-corrected chi connectivity index (χ0v) is 15.9. The van der Waals surface area contributed by atoms with Crippen LogP contribution in [0, 0.1) is 5.41 Å². The van der Waals surface area contributed by atoms with E-state index in [1.807, 2.05) is 18.2 Å². The standard InChI is InChI=1S/C20H35NO2/c1-15(2)17-10-8-9-11-18(17)23-13-16(22)12-21-20(6,7)14-19(3,4)5/h8-11,15-16,21-22H,12-14H2,1-7H3/t16-/m0/s1. The molecule has 1 atom stereocenters. The van der Waals surface area contributed by atoms with Crippen LogP contribution in [0.25, 0.3) is 0 Å². The fourth-order valence-electron chi connectivity index (χ4n) is 3.12. The molecule has 2 N–H and O–H groups in total. The number of para-hydroxylation sites is 1. The van der Waals surface area contributed by atoms with Gasteiger partial charge in [0.05, 0.1) is 0 Å². The molecule has 0 aliphatic carbocycles. The topological polar surface area (TPSA) is 41.5 Å². The second-order valence-electron chi connectivity index (χ2n) is 8.66. The van der Waals surface area contributed by atoms with Crippen molar-refractivity contribution in [2.45, 2.75) is 72.4 Å². The quantitative estimate of drug-likeness (QED) is 0.748. The van der Waals surface area contributed by atoms with Crippen molar-refractivity contribution in [3.05, 3.63) is 29.8 Å². The van der Waals surface area contributed by atoms with Crippen LogP contribution in [0.2, 0.25) is 0 Å². The SMILES string of the molecule is CC(C)c1ccccc1OC[C@@H](O)CNC(C)(C)CC(C)(C)C. The Hall–Kier alpha value is -1.06. The van der Waals surface area contributed by atoms with E-state index in [0.717, 1.165) is 12.2 Å². The van der Waals surface area contributed by atoms with E-state index in [2.05, 4.69) is 59.8 Å². The molecule has 3 heteroatoms. The lowest BCUT2D eigenvalue weighted by molar-refractivity contribution is 0.0938. The molecule has 0 radical (unpaired) electrons. The van der Waals surface area contributed by atoms with E-state index in [4.69, 9.17) is 4.74 Å². The fourth-order valence-corrected chi connectivity index (χ4v) is 3.12. The molecule has 0 aliphatic rings. The summed E-state index contributed by atoms with van der Waals surface area (Å²) >= 11 is 0. The van der Waals surface area contributed by atoms with Crippen molar-refractivity contribution in [2.75, 3.05) is 13.2 Å². The summed E-state index contributed by atoms with van der Waals surface area (Å²) in [5.74, 6) is 1.28. The Balaban J connectivity index is 2.48. The minimum atomic E-state index is -0.519. The first-order chi connectivity index (χ1) is 10.5. The highest BCUT2D eigenvalue weighted by Crippen LogP contribution is 2.27. The highest BCUT2D eigenvalue weighted by atomic mass is 16.5. The van der Waals surface area contributed by atoms with Gasteiger partial charge in [0.1, 0.15) is 18.5 Å². The molecule has 0 spiro atoms. The average Bonchev–Trinajstić information content (AvgIpc) is 2.40. The number of rotatable bonds is 8. The molecule has 0 saturated carbocycles. The van der Waals surface area contributed by atoms with Gasteiger partial charge in [0.15, 0.2) is 0 Å². The third-order valence-electron chi connectivity index (χ3n) is 3.76. The number of aliphatic hydroxyl groups is 1. The lowest BCUT2D eigenvalue weighted by atomic mass is 9.82. The summed E-state index contributed by atoms with van der Waals surface area (Å²) < 4.78 is 5.84. The van der Waals surface area contributed by atoms with Crippen LogP contribution in [0.15, 0.2) is 24.3 Å². The van der Waals surface area contributed by atoms with Gasteiger partial charge in [-0.15, -0.1) is 0 Å². The van der Waals surface area contributed by atoms with E-state index >= 15 is 0 Å². The molecule has 0 heterocycles. The molecule has 0 saturated heterocycles. The minimum Gasteiger partial charge on any atom is -0.491 e. The molecule has 0 aromatic heterocycles. The molecule has 0 amide bonds. The zero-order chi connectivity index (χ0) is 17.7. The average molecular weight is 322 g/mol. The minimum absolute atomic E-state index is 0.00489. The number of benzene rings is 1. The van der Waals surface area contributed by atoms with Crippen molar-refractivity contribution in [1.82, 2.24) is 5.32 Å². The molecule has 0 aliphatic heterocycles. The first-order valence-electron chi connectivity index (χ1n) is 8.65. The van der Waals surface area contributed by atoms with Crippen molar-refractivity contribution in [1.29, 1.82) is 0 Å². The van der Waals surface area contributed by atoms with Gasteiger partial charge in [-0.2, -0.15) is 0 Å². The normalized spacial score (nSPS) is 14.1. The molecule has 1 aromatic carbocycles. The van der Waals surface area contributed by atoms with Crippen molar-refractivity contribution in [3.63, 3.8) is 0 Å². The molecular weight excluding hydrogens is 286 g/mol. The maximum Gasteiger partial charge on any atom is 0.122 e. The molecule has 132 valence electrons. The Morgan fingerprint density at radius 2 is 1.70 bits per heavy atom. The Bertz CT molecular complexity index is 475. The number of β-amino-alcohol motifs (C(OH)–C–C–N with tert-alkyl or cyclic N) is 1. The van der Waals surface area contributed by atoms with E-state index in [1.165, 1.54) is 5.56 Å². The molecule has 1 aromatic rings. The molecule has 1 rings (SSSR count). The van der Waals surface area contributed by atoms with Gasteiger partial charge in [-0.25, -0.2) is 0 Å². The summed E-state index contributed by atoms with van der Waals surface area (Å²) in [7, 11) is 0. The fraction of sp³-hybridized carbons (Fsp3) is 0.700. The predicted octanol–water partition coefficient (Wildman–Crippen LogP) is 4.35. The van der Waals surface area contributed by atoms with Gasteiger partial charge in [-0.1, -0.05) is 52.8 Å². The van der Waals surface area contributed by atoms with E-state index in [9.17, 15) is 5.11 Å². The van der Waals surface area contributed by atoms with Crippen LogP contribution >= 0.6 is 0 Å². The van der Waals surface area contributed by atoms with E-state index < -0.39 is 6.10 Å². The summed E-state index contributed by atoms with van der Waals surface area (Å²) in [5, 5.41) is 13.7. The molecular formula is C20H35NO2. The molecule has 0 unspecified atom stereocenters. The van der Waals surface area contributed by atoms with Crippen molar-refractivity contribution < 1.29 is 9.84 Å². The van der Waals surface area contributed by atoms with Gasteiger partial charge in [-0.05, 0) is 43.2 Å². The van der Waals surface area contributed by atoms with Gasteiger partial charge in [0, 0.05) is 12.1 Å². The third-order valence-corrected chi connectivity index (χ3v) is 3.76. The van der Waals surface area contributed by atoms with Crippen molar-refractivity contribution in [3.8, 4) is 5.75 Å². The maximum atomic E-state index is 10.2. The monoisotopic (exact) mass is 321 g/mol. The Labute approximate surface area is 142 Å². The summed E-state index contributed by atoms with van der Waals surface area (Å²) in [5.41, 5.74) is 1.43. The second kappa shape index (κ2) is 8.16. The van der Waals surface area contributed by atoms with Crippen LogP contribution in [0.3, 0.4) is 0 Å². The van der Waals surface area contributed by atoms with Crippen LogP contribution in [-0.4, -0.2) is 29.9 Å². The summed E-state index contributed by atoms with van der Waals surface area (Å²) in [6.45, 7) is 16.2. The van der Waals surface area contributed by atoms with Gasteiger partial charge in [0.25, 0.3) is 0 Å². The zero-order valence-electron chi connectivity index (χ0n) is 15.9. The number of aliphatic hydroxyl groups excluding tert-OH is 1. The summed E-state index contributed by atoms with van der Waals surface area (Å²) in [4.78, 5) is 0. The second-order valence-corrected chi connectivity index (χ2v) is 8.66. The van der Waals surface area contributed by atoms with Crippen LogP contribution in [0.1, 0.15) is 66.4 Å². The highest BCUT2D eigenvalue weighted by molar-refractivity contribution is 5.35. The third kappa shape index (κ3) is 7.85.